The molecule has 1 aromatic heterocycles. The lowest BCUT2D eigenvalue weighted by molar-refractivity contribution is -0.192. The fraction of sp³-hybridized carbons (Fsp3) is 0.240. The molecule has 0 aliphatic heterocycles. The molecule has 1 atom stereocenters. The van der Waals surface area contributed by atoms with Gasteiger partial charge in [0.25, 0.3) is 5.91 Å². The molecule has 1 heterocycles. The van der Waals surface area contributed by atoms with Crippen molar-refractivity contribution < 1.29 is 42.6 Å². The number of anilines is 1. The van der Waals surface area contributed by atoms with Crippen molar-refractivity contribution in [3.8, 4) is 11.1 Å². The van der Waals surface area contributed by atoms with Crippen LogP contribution in [0.25, 0.3) is 11.1 Å². The predicted molar refractivity (Wildman–Crippen MR) is 138 cm³/mol. The number of nitrogens with one attached hydrogen (secondary N) is 3. The van der Waals surface area contributed by atoms with Crippen LogP contribution in [0.15, 0.2) is 61.1 Å². The Kier molecular flexibility index (Phi) is 11.5. The molecule has 39 heavy (non-hydrogen) atoms. The Morgan fingerprint density at radius 2 is 1.74 bits per heavy atom. The zero-order chi connectivity index (χ0) is 29.0. The van der Waals surface area contributed by atoms with Crippen LogP contribution in [0.2, 0.25) is 0 Å². The van der Waals surface area contributed by atoms with E-state index in [2.05, 4.69) is 20.6 Å². The minimum absolute atomic E-state index is 0.113. The first-order valence-electron chi connectivity index (χ1n) is 11.2. The molecule has 1 unspecified atom stereocenters. The molecule has 10 nitrogen and oxygen atoms in total. The number of amides is 2. The number of carboxylic acids is 2. The average Bonchev–Trinajstić information content (AvgIpc) is 3.39. The number of aromatic amines is 1. The second-order valence-electron chi connectivity index (χ2n) is 7.86. The maximum Gasteiger partial charge on any atom is 0.490 e. The van der Waals surface area contributed by atoms with Crippen LogP contribution >= 0.6 is 11.8 Å². The van der Waals surface area contributed by atoms with E-state index in [4.69, 9.17) is 9.90 Å². The van der Waals surface area contributed by atoms with Crippen LogP contribution in [-0.4, -0.2) is 68.2 Å². The zero-order valence-corrected chi connectivity index (χ0v) is 21.3. The Morgan fingerprint density at radius 1 is 1.08 bits per heavy atom. The SMILES string of the molecule is CSCCC(NC(=O)c1ccc(NC(=O)Cc2c[nH]cn2)cc1-c1ccccc1)C(=O)O.O=C(O)C(F)(F)F. The monoisotopic (exact) mass is 566 g/mol. The van der Waals surface area contributed by atoms with Crippen molar-refractivity contribution in [2.24, 2.45) is 0 Å². The van der Waals surface area contributed by atoms with Crippen LogP contribution in [0.1, 0.15) is 22.5 Å². The summed E-state index contributed by atoms with van der Waals surface area (Å²) in [5.74, 6) is -3.93. The van der Waals surface area contributed by atoms with E-state index in [9.17, 15) is 32.7 Å². The number of rotatable bonds is 10. The van der Waals surface area contributed by atoms with Crippen LogP contribution in [0.5, 0.6) is 0 Å². The highest BCUT2D eigenvalue weighted by atomic mass is 32.2. The molecule has 3 aromatic rings. The van der Waals surface area contributed by atoms with Gasteiger partial charge in [-0.05, 0) is 47.8 Å². The van der Waals surface area contributed by atoms with Gasteiger partial charge in [-0.15, -0.1) is 0 Å². The van der Waals surface area contributed by atoms with E-state index >= 15 is 0 Å². The number of carboxylic acid groups (broad SMARTS) is 2. The number of hydrogen-bond acceptors (Lipinski definition) is 6. The summed E-state index contributed by atoms with van der Waals surface area (Å²) in [5, 5.41) is 22.0. The van der Waals surface area contributed by atoms with Crippen LogP contribution in [0.4, 0.5) is 18.9 Å². The number of thioether (sulfide) groups is 1. The van der Waals surface area contributed by atoms with E-state index in [-0.39, 0.29) is 12.3 Å². The largest absolute Gasteiger partial charge is 0.490 e. The maximum atomic E-state index is 13.0. The first-order chi connectivity index (χ1) is 18.4. The molecule has 0 spiro atoms. The number of aliphatic carboxylic acids is 2. The number of carbonyl (C=O) groups excluding carboxylic acids is 2. The predicted octanol–water partition coefficient (Wildman–Crippen LogP) is 3.83. The molecule has 2 amide bonds. The summed E-state index contributed by atoms with van der Waals surface area (Å²) < 4.78 is 31.7. The lowest BCUT2D eigenvalue weighted by atomic mass is 9.98. The van der Waals surface area contributed by atoms with Gasteiger partial charge in [0.1, 0.15) is 6.04 Å². The van der Waals surface area contributed by atoms with Crippen molar-refractivity contribution in [1.29, 1.82) is 0 Å². The zero-order valence-electron chi connectivity index (χ0n) is 20.5. The number of hydrogen-bond donors (Lipinski definition) is 5. The molecule has 2 aromatic carbocycles. The summed E-state index contributed by atoms with van der Waals surface area (Å²) in [6.45, 7) is 0. The standard InChI is InChI=1S/C23H24N4O4S.C2HF3O2/c1-32-10-9-20(23(30)31)27-22(29)18-8-7-16(11-19(18)15-5-3-2-4-6-15)26-21(28)12-17-13-24-14-25-17;3-2(4,5)1(6)7/h2-8,11,13-14,20H,9-10,12H2,1H3,(H,24,25)(H,26,28)(H,27,29)(H,30,31);(H,6,7). The average molecular weight is 567 g/mol. The smallest absolute Gasteiger partial charge is 0.480 e. The molecule has 0 radical (unpaired) electrons. The molecule has 5 N–H and O–H groups in total. The molecule has 0 fully saturated rings. The number of nitrogens with zero attached hydrogens (tertiary/aromatic N) is 1. The molecule has 3 rings (SSSR count). The number of carbonyl (C=O) groups is 4. The number of alkyl halides is 3. The van der Waals surface area contributed by atoms with E-state index in [0.717, 1.165) is 5.56 Å². The maximum absolute atomic E-state index is 13.0. The molecule has 14 heteroatoms. The highest BCUT2D eigenvalue weighted by Crippen LogP contribution is 2.27. The van der Waals surface area contributed by atoms with Gasteiger partial charge in [0, 0.05) is 17.4 Å². The molecule has 0 aliphatic carbocycles. The minimum Gasteiger partial charge on any atom is -0.480 e. The first kappa shape index (κ1) is 30.9. The third-order valence-electron chi connectivity index (χ3n) is 4.99. The Balaban J connectivity index is 0.000000673. The summed E-state index contributed by atoms with van der Waals surface area (Å²) >= 11 is 1.52. The van der Waals surface area contributed by atoms with Crippen molar-refractivity contribution in [3.63, 3.8) is 0 Å². The van der Waals surface area contributed by atoms with Crippen LogP contribution in [-0.2, 0) is 20.8 Å². The molecule has 208 valence electrons. The molecule has 0 saturated carbocycles. The third-order valence-corrected chi connectivity index (χ3v) is 5.63. The lowest BCUT2D eigenvalue weighted by Crippen LogP contribution is -2.41. The van der Waals surface area contributed by atoms with Gasteiger partial charge in [-0.1, -0.05) is 30.3 Å². The molecule has 0 aliphatic rings. The van der Waals surface area contributed by atoms with Crippen LogP contribution in [0, 0.1) is 0 Å². The van der Waals surface area contributed by atoms with Crippen molar-refractivity contribution in [2.45, 2.75) is 25.1 Å². The number of aromatic nitrogens is 2. The second kappa shape index (κ2) is 14.6. The fourth-order valence-corrected chi connectivity index (χ4v) is 3.63. The van der Waals surface area contributed by atoms with E-state index in [0.29, 0.717) is 34.7 Å². The van der Waals surface area contributed by atoms with Gasteiger partial charge in [0.05, 0.1) is 18.4 Å². The highest BCUT2D eigenvalue weighted by molar-refractivity contribution is 7.98. The van der Waals surface area contributed by atoms with Crippen molar-refractivity contribution in [3.05, 3.63) is 72.3 Å². The normalized spacial score (nSPS) is 11.5. The summed E-state index contributed by atoms with van der Waals surface area (Å²) in [5.41, 5.74) is 2.84. The van der Waals surface area contributed by atoms with Gasteiger partial charge >= 0.3 is 18.1 Å². The lowest BCUT2D eigenvalue weighted by Gasteiger charge is -2.17. The second-order valence-corrected chi connectivity index (χ2v) is 8.85. The van der Waals surface area contributed by atoms with Gasteiger partial charge < -0.3 is 25.8 Å². The Morgan fingerprint density at radius 3 is 2.28 bits per heavy atom. The van der Waals surface area contributed by atoms with Crippen molar-refractivity contribution in [1.82, 2.24) is 15.3 Å². The molecular weight excluding hydrogens is 541 g/mol. The molecule has 0 saturated heterocycles. The van der Waals surface area contributed by atoms with Gasteiger partial charge in [-0.3, -0.25) is 9.59 Å². The van der Waals surface area contributed by atoms with Gasteiger partial charge in [0.2, 0.25) is 5.91 Å². The molecular formula is C25H25F3N4O6S. The van der Waals surface area contributed by atoms with E-state index in [1.54, 1.807) is 24.4 Å². The Labute approximate surface area is 225 Å². The van der Waals surface area contributed by atoms with Crippen molar-refractivity contribution >= 4 is 41.2 Å². The summed E-state index contributed by atoms with van der Waals surface area (Å²) in [4.78, 5) is 52.6. The summed E-state index contributed by atoms with van der Waals surface area (Å²) in [6.07, 6.45) is 0.394. The van der Waals surface area contributed by atoms with E-state index < -0.39 is 30.1 Å². The fourth-order valence-electron chi connectivity index (χ4n) is 3.16. The quantitative estimate of drug-likeness (QED) is 0.247. The number of halogens is 3. The summed E-state index contributed by atoms with van der Waals surface area (Å²) in [7, 11) is 0. The summed E-state index contributed by atoms with van der Waals surface area (Å²) in [6, 6.07) is 13.2. The van der Waals surface area contributed by atoms with Gasteiger partial charge in [-0.2, -0.15) is 24.9 Å². The Bertz CT molecular complexity index is 1270. The number of H-pyrrole nitrogens is 1. The van der Waals surface area contributed by atoms with Crippen LogP contribution in [0.3, 0.4) is 0 Å². The van der Waals surface area contributed by atoms with Gasteiger partial charge in [-0.25, -0.2) is 14.6 Å². The first-order valence-corrected chi connectivity index (χ1v) is 12.6. The van der Waals surface area contributed by atoms with E-state index in [1.165, 1.54) is 18.1 Å². The number of benzene rings is 2. The number of imidazole rings is 1. The minimum atomic E-state index is -5.08. The molecule has 0 bridgehead atoms. The van der Waals surface area contributed by atoms with Crippen LogP contribution < -0.4 is 10.6 Å². The van der Waals surface area contributed by atoms with Gasteiger partial charge in [0.15, 0.2) is 0 Å². The topological polar surface area (TPSA) is 161 Å². The van der Waals surface area contributed by atoms with Crippen molar-refractivity contribution in [2.75, 3.05) is 17.3 Å². The van der Waals surface area contributed by atoms with E-state index in [1.807, 2.05) is 36.6 Å². The Hall–Kier alpha value is -4.33. The third kappa shape index (κ3) is 10.2. The highest BCUT2D eigenvalue weighted by Gasteiger charge is 2.38.